The lowest BCUT2D eigenvalue weighted by Gasteiger charge is -2.26. The number of benzene rings is 1. The molecule has 2 amide bonds. The predicted octanol–water partition coefficient (Wildman–Crippen LogP) is 3.58. The number of carbonyl (C=O) groups is 2. The van der Waals surface area contributed by atoms with E-state index in [4.69, 9.17) is 0 Å². The standard InChI is InChI=1S/C20H24BrN3O2S/c21-16-7-5-15(6-8-16)20(26)22-10-9-19(25)23-14-17(18-4-3-13-27-18)24-11-1-2-12-24/h3-8,13,17H,1-2,9-12,14H2,(H,22,26)(H,23,25)/t17-/m0/s1. The van der Waals surface area contributed by atoms with Gasteiger partial charge in [0, 0.05) is 34.4 Å². The Labute approximate surface area is 172 Å². The third kappa shape index (κ3) is 5.89. The molecule has 1 aromatic carbocycles. The molecule has 0 aliphatic carbocycles. The second-order valence-electron chi connectivity index (χ2n) is 6.59. The van der Waals surface area contributed by atoms with Crippen LogP contribution in [0, 0.1) is 0 Å². The zero-order chi connectivity index (χ0) is 19.1. The van der Waals surface area contributed by atoms with E-state index in [2.05, 4.69) is 49.0 Å². The van der Waals surface area contributed by atoms with Gasteiger partial charge in [-0.1, -0.05) is 22.0 Å². The molecule has 1 atom stereocenters. The van der Waals surface area contributed by atoms with E-state index < -0.39 is 0 Å². The van der Waals surface area contributed by atoms with Crippen molar-refractivity contribution < 1.29 is 9.59 Å². The summed E-state index contributed by atoms with van der Waals surface area (Å²) < 4.78 is 0.928. The van der Waals surface area contributed by atoms with Crippen LogP contribution in [0.1, 0.15) is 40.5 Å². The van der Waals surface area contributed by atoms with Crippen LogP contribution < -0.4 is 10.6 Å². The fourth-order valence-corrected chi connectivity index (χ4v) is 4.36. The molecule has 0 bridgehead atoms. The van der Waals surface area contributed by atoms with Crippen molar-refractivity contribution in [3.8, 4) is 0 Å². The highest BCUT2D eigenvalue weighted by Gasteiger charge is 2.24. The van der Waals surface area contributed by atoms with Crippen LogP contribution in [0.3, 0.4) is 0 Å². The van der Waals surface area contributed by atoms with Crippen LogP contribution in [0.4, 0.5) is 0 Å². The smallest absolute Gasteiger partial charge is 0.251 e. The van der Waals surface area contributed by atoms with Crippen LogP contribution >= 0.6 is 27.3 Å². The quantitative estimate of drug-likeness (QED) is 0.647. The molecule has 3 rings (SSSR count). The van der Waals surface area contributed by atoms with Gasteiger partial charge in [0.25, 0.3) is 5.91 Å². The number of thiophene rings is 1. The molecule has 2 aromatic rings. The molecular weight excluding hydrogens is 426 g/mol. The number of halogens is 1. The minimum Gasteiger partial charge on any atom is -0.354 e. The van der Waals surface area contributed by atoms with Crippen molar-refractivity contribution in [3.05, 3.63) is 56.7 Å². The average Bonchev–Trinajstić information content (AvgIpc) is 3.37. The Morgan fingerprint density at radius 3 is 2.52 bits per heavy atom. The van der Waals surface area contributed by atoms with Crippen LogP contribution in [0.5, 0.6) is 0 Å². The lowest BCUT2D eigenvalue weighted by molar-refractivity contribution is -0.121. The first kappa shape index (κ1) is 20.0. The first-order valence-electron chi connectivity index (χ1n) is 9.21. The highest BCUT2D eigenvalue weighted by molar-refractivity contribution is 9.10. The molecule has 0 spiro atoms. The number of nitrogens with one attached hydrogen (secondary N) is 2. The Balaban J connectivity index is 1.43. The van der Waals surface area contributed by atoms with Gasteiger partial charge in [0.1, 0.15) is 0 Å². The molecule has 5 nitrogen and oxygen atoms in total. The Bertz CT molecular complexity index is 743. The first-order valence-corrected chi connectivity index (χ1v) is 10.9. The van der Waals surface area contributed by atoms with E-state index in [1.165, 1.54) is 17.7 Å². The van der Waals surface area contributed by atoms with E-state index in [1.807, 2.05) is 12.1 Å². The van der Waals surface area contributed by atoms with Gasteiger partial charge < -0.3 is 10.6 Å². The molecule has 1 aliphatic rings. The lowest BCUT2D eigenvalue weighted by atomic mass is 10.2. The lowest BCUT2D eigenvalue weighted by Crippen LogP contribution is -2.37. The SMILES string of the molecule is O=C(CCNC(=O)c1ccc(Br)cc1)NC[C@@H](c1cccs1)N1CCCC1. The fraction of sp³-hybridized carbons (Fsp3) is 0.400. The van der Waals surface area contributed by atoms with Crippen molar-refractivity contribution in [1.29, 1.82) is 0 Å². The topological polar surface area (TPSA) is 61.4 Å². The number of carbonyl (C=O) groups excluding carboxylic acids is 2. The Morgan fingerprint density at radius 1 is 1.11 bits per heavy atom. The molecule has 144 valence electrons. The van der Waals surface area contributed by atoms with Crippen LogP contribution in [0.25, 0.3) is 0 Å². The number of amides is 2. The van der Waals surface area contributed by atoms with Gasteiger partial charge in [-0.25, -0.2) is 0 Å². The van der Waals surface area contributed by atoms with Crippen molar-refractivity contribution >= 4 is 39.1 Å². The number of nitrogens with zero attached hydrogens (tertiary/aromatic N) is 1. The zero-order valence-corrected chi connectivity index (χ0v) is 17.5. The van der Waals surface area contributed by atoms with E-state index in [-0.39, 0.29) is 24.3 Å². The normalized spacial score (nSPS) is 15.4. The van der Waals surface area contributed by atoms with Gasteiger partial charge in [-0.2, -0.15) is 0 Å². The zero-order valence-electron chi connectivity index (χ0n) is 15.1. The molecular formula is C20H24BrN3O2S. The number of hydrogen-bond acceptors (Lipinski definition) is 4. The number of hydrogen-bond donors (Lipinski definition) is 2. The third-order valence-corrected chi connectivity index (χ3v) is 6.19. The maximum absolute atomic E-state index is 12.2. The van der Waals surface area contributed by atoms with E-state index in [0.717, 1.165) is 17.6 Å². The Kier molecular flexibility index (Phi) is 7.43. The molecule has 0 unspecified atom stereocenters. The van der Waals surface area contributed by atoms with E-state index >= 15 is 0 Å². The number of rotatable bonds is 8. The monoisotopic (exact) mass is 449 g/mol. The second-order valence-corrected chi connectivity index (χ2v) is 8.49. The summed E-state index contributed by atoms with van der Waals surface area (Å²) in [6.45, 7) is 3.11. The molecule has 0 radical (unpaired) electrons. The maximum Gasteiger partial charge on any atom is 0.251 e. The molecule has 2 heterocycles. The van der Waals surface area contributed by atoms with Gasteiger partial charge >= 0.3 is 0 Å². The van der Waals surface area contributed by atoms with Crippen LogP contribution in [-0.4, -0.2) is 42.9 Å². The van der Waals surface area contributed by atoms with Gasteiger partial charge in [-0.05, 0) is 61.6 Å². The molecule has 1 aromatic heterocycles. The van der Waals surface area contributed by atoms with E-state index in [0.29, 0.717) is 18.7 Å². The first-order chi connectivity index (χ1) is 13.1. The van der Waals surface area contributed by atoms with E-state index in [1.54, 1.807) is 23.5 Å². The largest absolute Gasteiger partial charge is 0.354 e. The van der Waals surface area contributed by atoms with E-state index in [9.17, 15) is 9.59 Å². The molecule has 2 N–H and O–H groups in total. The average molecular weight is 450 g/mol. The van der Waals surface area contributed by atoms with Crippen LogP contribution in [-0.2, 0) is 4.79 Å². The summed E-state index contributed by atoms with van der Waals surface area (Å²) in [4.78, 5) is 28.0. The third-order valence-electron chi connectivity index (χ3n) is 4.69. The Morgan fingerprint density at radius 2 is 1.85 bits per heavy atom. The summed E-state index contributed by atoms with van der Waals surface area (Å²) in [7, 11) is 0. The van der Waals surface area contributed by atoms with Crippen molar-refractivity contribution in [2.24, 2.45) is 0 Å². The summed E-state index contributed by atoms with van der Waals surface area (Å²) in [5.74, 6) is -0.198. The fourth-order valence-electron chi connectivity index (χ4n) is 3.24. The molecule has 1 fully saturated rings. The Hall–Kier alpha value is -1.70. The van der Waals surface area contributed by atoms with Gasteiger partial charge in [-0.15, -0.1) is 11.3 Å². The van der Waals surface area contributed by atoms with Crippen LogP contribution in [0.2, 0.25) is 0 Å². The van der Waals surface area contributed by atoms with Crippen LogP contribution in [0.15, 0.2) is 46.3 Å². The van der Waals surface area contributed by atoms with Crippen molar-refractivity contribution in [3.63, 3.8) is 0 Å². The predicted molar refractivity (Wildman–Crippen MR) is 112 cm³/mol. The molecule has 1 aliphatic heterocycles. The molecule has 1 saturated heterocycles. The maximum atomic E-state index is 12.2. The van der Waals surface area contributed by atoms with Crippen molar-refractivity contribution in [2.45, 2.75) is 25.3 Å². The number of likely N-dealkylation sites (tertiary alicyclic amines) is 1. The van der Waals surface area contributed by atoms with Gasteiger partial charge in [0.15, 0.2) is 0 Å². The van der Waals surface area contributed by atoms with Gasteiger partial charge in [0.2, 0.25) is 5.91 Å². The summed E-state index contributed by atoms with van der Waals surface area (Å²) in [6.07, 6.45) is 2.72. The molecule has 0 saturated carbocycles. The van der Waals surface area contributed by atoms with Gasteiger partial charge in [-0.3, -0.25) is 14.5 Å². The highest BCUT2D eigenvalue weighted by atomic mass is 79.9. The van der Waals surface area contributed by atoms with Crippen molar-refractivity contribution in [1.82, 2.24) is 15.5 Å². The van der Waals surface area contributed by atoms with Crippen molar-refractivity contribution in [2.75, 3.05) is 26.2 Å². The summed E-state index contributed by atoms with van der Waals surface area (Å²) in [6, 6.07) is 11.6. The second kappa shape index (κ2) is 10.0. The minimum atomic E-state index is -0.163. The highest BCUT2D eigenvalue weighted by Crippen LogP contribution is 2.27. The molecule has 27 heavy (non-hydrogen) atoms. The summed E-state index contributed by atoms with van der Waals surface area (Å²) in [5.41, 5.74) is 0.588. The summed E-state index contributed by atoms with van der Waals surface area (Å²) in [5, 5.41) is 7.91. The molecule has 7 heteroatoms. The summed E-state index contributed by atoms with van der Waals surface area (Å²) >= 11 is 5.08. The minimum absolute atomic E-state index is 0.0353. The van der Waals surface area contributed by atoms with Gasteiger partial charge in [0.05, 0.1) is 6.04 Å².